The lowest BCUT2D eigenvalue weighted by Gasteiger charge is -2.21. The van der Waals surface area contributed by atoms with Gasteiger partial charge in [-0.2, -0.15) is 0 Å². The van der Waals surface area contributed by atoms with Crippen LogP contribution in [0.5, 0.6) is 0 Å². The molecule has 3 atom stereocenters. The molecule has 0 saturated carbocycles. The predicted molar refractivity (Wildman–Crippen MR) is 78.0 cm³/mol. The first-order chi connectivity index (χ1) is 8.77. The summed E-state index contributed by atoms with van der Waals surface area (Å²) in [4.78, 5) is 0. The molecule has 3 nitrogen and oxygen atoms in total. The number of ether oxygens (including phenoxy) is 1. The summed E-state index contributed by atoms with van der Waals surface area (Å²) in [5.74, 6) is 0.644. The molecule has 18 heavy (non-hydrogen) atoms. The molecule has 1 fully saturated rings. The minimum absolute atomic E-state index is 0.556. The van der Waals surface area contributed by atoms with E-state index in [2.05, 4.69) is 31.4 Å². The normalized spacial score (nSPS) is 25.5. The number of nitrogens with one attached hydrogen (secondary N) is 2. The first-order valence-electron chi connectivity index (χ1n) is 7.82. The van der Waals surface area contributed by atoms with Gasteiger partial charge in [0.1, 0.15) is 0 Å². The highest BCUT2D eigenvalue weighted by atomic mass is 16.5. The van der Waals surface area contributed by atoms with E-state index < -0.39 is 0 Å². The van der Waals surface area contributed by atoms with Crippen molar-refractivity contribution in [3.05, 3.63) is 0 Å². The summed E-state index contributed by atoms with van der Waals surface area (Å²) in [7, 11) is 0. The van der Waals surface area contributed by atoms with E-state index >= 15 is 0 Å². The molecule has 3 unspecified atom stereocenters. The van der Waals surface area contributed by atoms with Crippen molar-refractivity contribution in [1.82, 2.24) is 10.6 Å². The topological polar surface area (TPSA) is 33.3 Å². The third kappa shape index (κ3) is 6.17. The lowest BCUT2D eigenvalue weighted by molar-refractivity contribution is 0.181. The van der Waals surface area contributed by atoms with Crippen LogP contribution < -0.4 is 10.6 Å². The van der Waals surface area contributed by atoms with Crippen LogP contribution in [0.25, 0.3) is 0 Å². The SMILES string of the molecule is CCCCCC(C)NCC1COCC1NCCC. The zero-order chi connectivity index (χ0) is 13.2. The molecule has 1 saturated heterocycles. The van der Waals surface area contributed by atoms with Gasteiger partial charge in [0, 0.05) is 24.5 Å². The van der Waals surface area contributed by atoms with Crippen LogP contribution in [0, 0.1) is 5.92 Å². The van der Waals surface area contributed by atoms with Gasteiger partial charge in [-0.25, -0.2) is 0 Å². The molecule has 108 valence electrons. The van der Waals surface area contributed by atoms with E-state index in [4.69, 9.17) is 4.74 Å². The van der Waals surface area contributed by atoms with E-state index in [1.165, 1.54) is 32.1 Å². The van der Waals surface area contributed by atoms with Crippen LogP contribution in [0.3, 0.4) is 0 Å². The quantitative estimate of drug-likeness (QED) is 0.589. The summed E-state index contributed by atoms with van der Waals surface area (Å²) >= 11 is 0. The highest BCUT2D eigenvalue weighted by molar-refractivity contribution is 4.83. The van der Waals surface area contributed by atoms with Gasteiger partial charge in [0.2, 0.25) is 0 Å². The monoisotopic (exact) mass is 256 g/mol. The average Bonchev–Trinajstić information content (AvgIpc) is 2.81. The van der Waals surface area contributed by atoms with Crippen molar-refractivity contribution in [3.8, 4) is 0 Å². The fraction of sp³-hybridized carbons (Fsp3) is 1.00. The smallest absolute Gasteiger partial charge is 0.0623 e. The highest BCUT2D eigenvalue weighted by Crippen LogP contribution is 2.13. The Hall–Kier alpha value is -0.120. The predicted octanol–water partition coefficient (Wildman–Crippen LogP) is 2.56. The Morgan fingerprint density at radius 2 is 2.00 bits per heavy atom. The second-order valence-electron chi connectivity index (χ2n) is 5.66. The summed E-state index contributed by atoms with van der Waals surface area (Å²) in [5, 5.41) is 7.26. The molecule has 0 spiro atoms. The summed E-state index contributed by atoms with van der Waals surface area (Å²) in [6.07, 6.45) is 6.52. The van der Waals surface area contributed by atoms with Gasteiger partial charge in [-0.05, 0) is 26.3 Å². The molecule has 0 amide bonds. The molecule has 1 heterocycles. The zero-order valence-electron chi connectivity index (χ0n) is 12.5. The summed E-state index contributed by atoms with van der Waals surface area (Å²) in [6.45, 7) is 10.8. The van der Waals surface area contributed by atoms with Crippen molar-refractivity contribution >= 4 is 0 Å². The van der Waals surface area contributed by atoms with Crippen molar-refractivity contribution in [1.29, 1.82) is 0 Å². The van der Waals surface area contributed by atoms with Crippen molar-refractivity contribution in [3.63, 3.8) is 0 Å². The summed E-state index contributed by atoms with van der Waals surface area (Å²) in [5.41, 5.74) is 0. The Morgan fingerprint density at radius 1 is 1.17 bits per heavy atom. The van der Waals surface area contributed by atoms with Crippen LogP contribution >= 0.6 is 0 Å². The van der Waals surface area contributed by atoms with Gasteiger partial charge >= 0.3 is 0 Å². The van der Waals surface area contributed by atoms with Crippen LogP contribution in [0.15, 0.2) is 0 Å². The maximum Gasteiger partial charge on any atom is 0.0623 e. The molecule has 2 N–H and O–H groups in total. The van der Waals surface area contributed by atoms with Gasteiger partial charge in [-0.3, -0.25) is 0 Å². The molecular weight excluding hydrogens is 224 g/mol. The van der Waals surface area contributed by atoms with Crippen molar-refractivity contribution in [2.75, 3.05) is 26.3 Å². The van der Waals surface area contributed by atoms with Crippen LogP contribution in [-0.2, 0) is 4.74 Å². The fourth-order valence-electron chi connectivity index (χ4n) is 2.51. The maximum absolute atomic E-state index is 5.60. The first kappa shape index (κ1) is 15.9. The van der Waals surface area contributed by atoms with Crippen LogP contribution in [0.2, 0.25) is 0 Å². The van der Waals surface area contributed by atoms with Gasteiger partial charge < -0.3 is 15.4 Å². The first-order valence-corrected chi connectivity index (χ1v) is 7.82. The molecule has 3 heteroatoms. The summed E-state index contributed by atoms with van der Waals surface area (Å²) in [6, 6.07) is 1.20. The van der Waals surface area contributed by atoms with E-state index in [0.717, 1.165) is 26.3 Å². The van der Waals surface area contributed by atoms with Crippen LogP contribution in [-0.4, -0.2) is 38.4 Å². The Bertz CT molecular complexity index is 199. The average molecular weight is 256 g/mol. The lowest BCUT2D eigenvalue weighted by Crippen LogP contribution is -2.42. The molecule has 0 aliphatic carbocycles. The molecule has 0 aromatic heterocycles. The van der Waals surface area contributed by atoms with Crippen LogP contribution in [0.1, 0.15) is 52.9 Å². The molecule has 0 aromatic carbocycles. The molecular formula is C15H32N2O. The zero-order valence-corrected chi connectivity index (χ0v) is 12.5. The molecule has 0 aromatic rings. The molecule has 0 bridgehead atoms. The van der Waals surface area contributed by atoms with Gasteiger partial charge in [-0.1, -0.05) is 33.1 Å². The Kier molecular flexibility index (Phi) is 8.64. The molecule has 1 aliphatic heterocycles. The minimum atomic E-state index is 0.556. The number of hydrogen-bond donors (Lipinski definition) is 2. The highest BCUT2D eigenvalue weighted by Gasteiger charge is 2.27. The van der Waals surface area contributed by atoms with Crippen molar-refractivity contribution in [2.45, 2.75) is 65.0 Å². The third-order valence-corrected chi connectivity index (χ3v) is 3.82. The lowest BCUT2D eigenvalue weighted by atomic mass is 10.0. The van der Waals surface area contributed by atoms with E-state index in [-0.39, 0.29) is 0 Å². The van der Waals surface area contributed by atoms with E-state index in [9.17, 15) is 0 Å². The number of unbranched alkanes of at least 4 members (excludes halogenated alkanes) is 2. The Balaban J connectivity index is 2.12. The fourth-order valence-corrected chi connectivity index (χ4v) is 2.51. The minimum Gasteiger partial charge on any atom is -0.379 e. The number of hydrogen-bond acceptors (Lipinski definition) is 3. The Morgan fingerprint density at radius 3 is 2.72 bits per heavy atom. The number of rotatable bonds is 10. The third-order valence-electron chi connectivity index (χ3n) is 3.82. The molecule has 1 rings (SSSR count). The Labute approximate surface area is 113 Å². The standard InChI is InChI=1S/C15H32N2O/c1-4-6-7-8-13(3)17-10-14-11-18-12-15(14)16-9-5-2/h13-17H,4-12H2,1-3H3. The van der Waals surface area contributed by atoms with E-state index in [1.807, 2.05) is 0 Å². The maximum atomic E-state index is 5.60. The van der Waals surface area contributed by atoms with Crippen LogP contribution in [0.4, 0.5) is 0 Å². The summed E-state index contributed by atoms with van der Waals surface area (Å²) < 4.78 is 5.60. The van der Waals surface area contributed by atoms with Crippen molar-refractivity contribution < 1.29 is 4.74 Å². The van der Waals surface area contributed by atoms with Gasteiger partial charge in [0.25, 0.3) is 0 Å². The van der Waals surface area contributed by atoms with Crippen molar-refractivity contribution in [2.24, 2.45) is 5.92 Å². The largest absolute Gasteiger partial charge is 0.379 e. The van der Waals surface area contributed by atoms with Gasteiger partial charge in [-0.15, -0.1) is 0 Å². The molecule has 0 radical (unpaired) electrons. The van der Waals surface area contributed by atoms with E-state index in [1.54, 1.807) is 0 Å². The van der Waals surface area contributed by atoms with Gasteiger partial charge in [0.05, 0.1) is 13.2 Å². The second kappa shape index (κ2) is 9.76. The van der Waals surface area contributed by atoms with E-state index in [0.29, 0.717) is 18.0 Å². The van der Waals surface area contributed by atoms with Gasteiger partial charge in [0.15, 0.2) is 0 Å². The molecule has 1 aliphatic rings. The second-order valence-corrected chi connectivity index (χ2v) is 5.66.